The lowest BCUT2D eigenvalue weighted by Gasteiger charge is -1.98. The van der Waals surface area contributed by atoms with Gasteiger partial charge in [0.2, 0.25) is 0 Å². The summed E-state index contributed by atoms with van der Waals surface area (Å²) in [5, 5.41) is 14.3. The number of benzene rings is 1. The zero-order valence-electron chi connectivity index (χ0n) is 10.3. The molecule has 0 atom stereocenters. The Balaban J connectivity index is 1.97. The molecule has 0 aliphatic carbocycles. The zero-order valence-corrected chi connectivity index (χ0v) is 13.5. The van der Waals surface area contributed by atoms with Gasteiger partial charge in [-0.15, -0.1) is 22.7 Å². The van der Waals surface area contributed by atoms with Crippen molar-refractivity contribution in [3.63, 3.8) is 0 Å². The number of aromatic carboxylic acids is 1. The summed E-state index contributed by atoms with van der Waals surface area (Å²) in [5.41, 5.74) is 1.87. The lowest BCUT2D eigenvalue weighted by Crippen LogP contribution is -1.91. The van der Waals surface area contributed by atoms with Crippen LogP contribution in [0.4, 0.5) is 0 Å². The SMILES string of the molecule is O=C(O)c1csc(-c2csc(-c3cc(Cl)cc(Cl)c3)n2)c1. The van der Waals surface area contributed by atoms with E-state index in [2.05, 4.69) is 4.98 Å². The van der Waals surface area contributed by atoms with E-state index >= 15 is 0 Å². The zero-order chi connectivity index (χ0) is 15.0. The van der Waals surface area contributed by atoms with Crippen molar-refractivity contribution < 1.29 is 9.90 Å². The Bertz CT molecular complexity index is 806. The first-order valence-electron chi connectivity index (χ1n) is 5.77. The number of nitrogens with zero attached hydrogens (tertiary/aromatic N) is 1. The second-order valence-electron chi connectivity index (χ2n) is 4.20. The van der Waals surface area contributed by atoms with E-state index in [0.29, 0.717) is 10.0 Å². The van der Waals surface area contributed by atoms with Crippen LogP contribution in [0, 0.1) is 0 Å². The van der Waals surface area contributed by atoms with Crippen molar-refractivity contribution in [3.8, 4) is 21.1 Å². The Hall–Kier alpha value is -1.40. The van der Waals surface area contributed by atoms with E-state index in [4.69, 9.17) is 28.3 Å². The first kappa shape index (κ1) is 14.5. The molecule has 2 aromatic heterocycles. The van der Waals surface area contributed by atoms with Crippen molar-refractivity contribution >= 4 is 51.8 Å². The minimum atomic E-state index is -0.936. The predicted octanol–water partition coefficient (Wildman–Crippen LogP) is 5.54. The molecule has 0 fully saturated rings. The highest BCUT2D eigenvalue weighted by molar-refractivity contribution is 7.15. The fourth-order valence-corrected chi connectivity index (χ4v) is 4.03. The number of rotatable bonds is 3. The Labute approximate surface area is 138 Å². The molecule has 0 saturated carbocycles. The van der Waals surface area contributed by atoms with Crippen LogP contribution in [0.5, 0.6) is 0 Å². The van der Waals surface area contributed by atoms with E-state index in [1.807, 2.05) is 5.38 Å². The summed E-state index contributed by atoms with van der Waals surface area (Å²) >= 11 is 14.8. The average molecular weight is 356 g/mol. The number of carboxylic acid groups (broad SMARTS) is 1. The molecule has 0 spiro atoms. The van der Waals surface area contributed by atoms with E-state index in [9.17, 15) is 4.79 Å². The summed E-state index contributed by atoms with van der Waals surface area (Å²) in [6, 6.07) is 6.89. The fraction of sp³-hybridized carbons (Fsp3) is 0. The molecule has 3 rings (SSSR count). The molecule has 0 saturated heterocycles. The van der Waals surface area contributed by atoms with Gasteiger partial charge in [-0.2, -0.15) is 0 Å². The van der Waals surface area contributed by atoms with Crippen LogP contribution in [0.15, 0.2) is 35.0 Å². The molecule has 1 N–H and O–H groups in total. The van der Waals surface area contributed by atoms with Crippen LogP contribution in [-0.4, -0.2) is 16.1 Å². The van der Waals surface area contributed by atoms with Gasteiger partial charge in [-0.3, -0.25) is 0 Å². The number of hydrogen-bond acceptors (Lipinski definition) is 4. The third kappa shape index (κ3) is 3.11. The molecule has 3 nitrogen and oxygen atoms in total. The molecule has 0 amide bonds. The summed E-state index contributed by atoms with van der Waals surface area (Å²) in [7, 11) is 0. The van der Waals surface area contributed by atoms with E-state index in [0.717, 1.165) is 21.1 Å². The summed E-state index contributed by atoms with van der Waals surface area (Å²) in [6.45, 7) is 0. The van der Waals surface area contributed by atoms with Crippen LogP contribution < -0.4 is 0 Å². The average Bonchev–Trinajstić information content (AvgIpc) is 3.07. The number of carbonyl (C=O) groups is 1. The van der Waals surface area contributed by atoms with Crippen molar-refractivity contribution in [1.29, 1.82) is 0 Å². The minimum absolute atomic E-state index is 0.273. The van der Waals surface area contributed by atoms with E-state index in [1.165, 1.54) is 22.7 Å². The maximum Gasteiger partial charge on any atom is 0.336 e. The number of hydrogen-bond donors (Lipinski definition) is 1. The smallest absolute Gasteiger partial charge is 0.336 e. The number of thiophene rings is 1. The molecule has 0 radical (unpaired) electrons. The molecule has 0 aliphatic heterocycles. The highest BCUT2D eigenvalue weighted by Gasteiger charge is 2.12. The van der Waals surface area contributed by atoms with Gasteiger partial charge in [0.25, 0.3) is 0 Å². The number of carboxylic acids is 1. The van der Waals surface area contributed by atoms with Crippen molar-refractivity contribution in [2.75, 3.05) is 0 Å². The number of halogens is 2. The molecule has 0 unspecified atom stereocenters. The summed E-state index contributed by atoms with van der Waals surface area (Å²) in [6.07, 6.45) is 0. The van der Waals surface area contributed by atoms with Crippen LogP contribution >= 0.6 is 45.9 Å². The minimum Gasteiger partial charge on any atom is -0.478 e. The standard InChI is InChI=1S/C14H7Cl2NO2S2/c15-9-1-7(2-10(16)4-9)13-17-11(6-21-13)12-3-8(5-20-12)14(18)19/h1-6H,(H,18,19). The molecule has 0 bridgehead atoms. The number of aromatic nitrogens is 1. The first-order chi connectivity index (χ1) is 10.0. The molecule has 106 valence electrons. The maximum atomic E-state index is 10.9. The van der Waals surface area contributed by atoms with Gasteiger partial charge in [-0.05, 0) is 24.3 Å². The van der Waals surface area contributed by atoms with Gasteiger partial charge in [0.05, 0.1) is 16.1 Å². The Morgan fingerprint density at radius 3 is 2.38 bits per heavy atom. The van der Waals surface area contributed by atoms with Crippen LogP contribution in [0.3, 0.4) is 0 Å². The third-order valence-corrected chi connectivity index (χ3v) is 4.99. The van der Waals surface area contributed by atoms with Gasteiger partial charge < -0.3 is 5.11 Å². The van der Waals surface area contributed by atoms with E-state index in [1.54, 1.807) is 29.6 Å². The van der Waals surface area contributed by atoms with Crippen LogP contribution in [0.2, 0.25) is 10.0 Å². The molecule has 3 aromatic rings. The van der Waals surface area contributed by atoms with Crippen molar-refractivity contribution in [3.05, 3.63) is 50.6 Å². The quantitative estimate of drug-likeness (QED) is 0.670. The third-order valence-electron chi connectivity index (χ3n) is 2.71. The van der Waals surface area contributed by atoms with Gasteiger partial charge in [0.15, 0.2) is 0 Å². The summed E-state index contributed by atoms with van der Waals surface area (Å²) in [4.78, 5) is 16.3. The lowest BCUT2D eigenvalue weighted by molar-refractivity contribution is 0.0697. The van der Waals surface area contributed by atoms with Crippen molar-refractivity contribution in [2.45, 2.75) is 0 Å². The highest BCUT2D eigenvalue weighted by atomic mass is 35.5. The van der Waals surface area contributed by atoms with Gasteiger partial charge in [-0.1, -0.05) is 23.2 Å². The van der Waals surface area contributed by atoms with Gasteiger partial charge in [0.1, 0.15) is 5.01 Å². The van der Waals surface area contributed by atoms with Gasteiger partial charge >= 0.3 is 5.97 Å². The lowest BCUT2D eigenvalue weighted by atomic mass is 10.2. The Kier molecular flexibility index (Phi) is 3.99. The van der Waals surface area contributed by atoms with E-state index in [-0.39, 0.29) is 5.56 Å². The predicted molar refractivity (Wildman–Crippen MR) is 87.8 cm³/mol. The fourth-order valence-electron chi connectivity index (χ4n) is 1.78. The van der Waals surface area contributed by atoms with Gasteiger partial charge in [0, 0.05) is 26.4 Å². The van der Waals surface area contributed by atoms with Crippen molar-refractivity contribution in [1.82, 2.24) is 4.98 Å². The first-order valence-corrected chi connectivity index (χ1v) is 8.28. The molecule has 1 aromatic carbocycles. The monoisotopic (exact) mass is 355 g/mol. The molecular weight excluding hydrogens is 349 g/mol. The molecular formula is C14H7Cl2NO2S2. The largest absolute Gasteiger partial charge is 0.478 e. The normalized spacial score (nSPS) is 10.8. The molecule has 0 aliphatic rings. The second-order valence-corrected chi connectivity index (χ2v) is 6.84. The Morgan fingerprint density at radius 1 is 1.05 bits per heavy atom. The molecule has 2 heterocycles. The highest BCUT2D eigenvalue weighted by Crippen LogP contribution is 2.34. The second kappa shape index (κ2) is 5.77. The molecule has 21 heavy (non-hydrogen) atoms. The Morgan fingerprint density at radius 2 is 1.76 bits per heavy atom. The van der Waals surface area contributed by atoms with Gasteiger partial charge in [-0.25, -0.2) is 9.78 Å². The van der Waals surface area contributed by atoms with Crippen molar-refractivity contribution in [2.24, 2.45) is 0 Å². The van der Waals surface area contributed by atoms with Crippen LogP contribution in [-0.2, 0) is 0 Å². The molecule has 7 heteroatoms. The van der Waals surface area contributed by atoms with E-state index < -0.39 is 5.97 Å². The summed E-state index contributed by atoms with van der Waals surface area (Å²) < 4.78 is 0. The number of thiazole rings is 1. The van der Waals surface area contributed by atoms with Crippen LogP contribution in [0.1, 0.15) is 10.4 Å². The maximum absolute atomic E-state index is 10.9. The summed E-state index contributed by atoms with van der Waals surface area (Å²) in [5.74, 6) is -0.936. The van der Waals surface area contributed by atoms with Crippen LogP contribution in [0.25, 0.3) is 21.1 Å². The topological polar surface area (TPSA) is 50.2 Å².